The molecule has 0 fully saturated rings. The van der Waals surface area contributed by atoms with E-state index < -0.39 is 0 Å². The topological polar surface area (TPSA) is 24.9 Å². The summed E-state index contributed by atoms with van der Waals surface area (Å²) < 4.78 is 11.9. The standard InChI is InChI=1S/C13H15FN2/c14-7-10-15-9-6-12-4-1-3-11-5-2-8-16-13(11)12/h1-5,8,15H,6-7,9-10H2. The third-order valence-electron chi connectivity index (χ3n) is 2.56. The zero-order chi connectivity index (χ0) is 11.2. The summed E-state index contributed by atoms with van der Waals surface area (Å²) in [6.45, 7) is 0.908. The summed E-state index contributed by atoms with van der Waals surface area (Å²) in [4.78, 5) is 4.38. The van der Waals surface area contributed by atoms with Gasteiger partial charge in [0.25, 0.3) is 0 Å². The van der Waals surface area contributed by atoms with Crippen LogP contribution in [0.15, 0.2) is 36.5 Å². The van der Waals surface area contributed by atoms with Gasteiger partial charge in [0.2, 0.25) is 0 Å². The Labute approximate surface area is 94.5 Å². The van der Waals surface area contributed by atoms with E-state index in [9.17, 15) is 4.39 Å². The van der Waals surface area contributed by atoms with Crippen LogP contribution in [0.3, 0.4) is 0 Å². The molecule has 1 heterocycles. The lowest BCUT2D eigenvalue weighted by atomic mass is 10.1. The molecule has 0 saturated carbocycles. The highest BCUT2D eigenvalue weighted by atomic mass is 19.1. The molecule has 16 heavy (non-hydrogen) atoms. The molecule has 0 aliphatic carbocycles. The summed E-state index contributed by atoms with van der Waals surface area (Å²) >= 11 is 0. The Kier molecular flexibility index (Phi) is 3.83. The zero-order valence-corrected chi connectivity index (χ0v) is 9.12. The molecule has 2 nitrogen and oxygen atoms in total. The van der Waals surface area contributed by atoms with Gasteiger partial charge < -0.3 is 5.32 Å². The van der Waals surface area contributed by atoms with Gasteiger partial charge in [0.15, 0.2) is 0 Å². The minimum Gasteiger partial charge on any atom is -0.314 e. The fourth-order valence-electron chi connectivity index (χ4n) is 1.78. The Bertz CT molecular complexity index is 451. The van der Waals surface area contributed by atoms with Gasteiger partial charge in [0.1, 0.15) is 6.67 Å². The van der Waals surface area contributed by atoms with E-state index in [1.165, 1.54) is 5.56 Å². The molecule has 0 radical (unpaired) electrons. The number of para-hydroxylation sites is 1. The first-order valence-corrected chi connectivity index (χ1v) is 5.51. The van der Waals surface area contributed by atoms with Crippen LogP contribution in [0.5, 0.6) is 0 Å². The zero-order valence-electron chi connectivity index (χ0n) is 9.12. The highest BCUT2D eigenvalue weighted by Gasteiger charge is 2.00. The van der Waals surface area contributed by atoms with Gasteiger partial charge >= 0.3 is 0 Å². The molecular weight excluding hydrogens is 203 g/mol. The quantitative estimate of drug-likeness (QED) is 0.779. The molecule has 2 rings (SSSR count). The lowest BCUT2D eigenvalue weighted by molar-refractivity contribution is 0.468. The number of alkyl halides is 1. The van der Waals surface area contributed by atoms with Gasteiger partial charge in [-0.1, -0.05) is 24.3 Å². The Morgan fingerprint density at radius 1 is 1.12 bits per heavy atom. The highest BCUT2D eigenvalue weighted by Crippen LogP contribution is 2.15. The van der Waals surface area contributed by atoms with Crippen molar-refractivity contribution in [1.82, 2.24) is 10.3 Å². The van der Waals surface area contributed by atoms with Crippen LogP contribution in [0.25, 0.3) is 10.9 Å². The van der Waals surface area contributed by atoms with E-state index in [0.29, 0.717) is 6.54 Å². The van der Waals surface area contributed by atoms with E-state index in [1.54, 1.807) is 6.20 Å². The van der Waals surface area contributed by atoms with E-state index in [1.807, 2.05) is 12.1 Å². The molecule has 1 N–H and O–H groups in total. The summed E-state index contributed by atoms with van der Waals surface area (Å²) in [5, 5.41) is 4.20. The molecule has 1 aromatic carbocycles. The van der Waals surface area contributed by atoms with E-state index in [0.717, 1.165) is 23.9 Å². The second-order valence-electron chi connectivity index (χ2n) is 3.68. The van der Waals surface area contributed by atoms with Crippen molar-refractivity contribution < 1.29 is 4.39 Å². The summed E-state index contributed by atoms with van der Waals surface area (Å²) in [5.41, 5.74) is 2.26. The van der Waals surface area contributed by atoms with Crippen LogP contribution in [0.4, 0.5) is 4.39 Å². The number of pyridine rings is 1. The molecule has 0 aliphatic heterocycles. The molecule has 84 valence electrons. The van der Waals surface area contributed by atoms with Gasteiger partial charge in [-0.3, -0.25) is 4.98 Å². The number of hydrogen-bond acceptors (Lipinski definition) is 2. The Balaban J connectivity index is 2.11. The third kappa shape index (κ3) is 2.55. The number of benzene rings is 1. The summed E-state index contributed by atoms with van der Waals surface area (Å²) in [7, 11) is 0. The smallest absolute Gasteiger partial charge is 0.102 e. The average molecular weight is 218 g/mol. The monoisotopic (exact) mass is 218 g/mol. The molecule has 0 bridgehead atoms. The van der Waals surface area contributed by atoms with Crippen LogP contribution in [0, 0.1) is 0 Å². The highest BCUT2D eigenvalue weighted by molar-refractivity contribution is 5.81. The minimum atomic E-state index is -0.312. The molecule has 0 saturated heterocycles. The van der Waals surface area contributed by atoms with Gasteiger partial charge in [0, 0.05) is 18.1 Å². The minimum absolute atomic E-state index is 0.312. The molecule has 0 amide bonds. The molecule has 0 aliphatic rings. The second-order valence-corrected chi connectivity index (χ2v) is 3.68. The molecule has 0 unspecified atom stereocenters. The van der Waals surface area contributed by atoms with E-state index in [4.69, 9.17) is 0 Å². The predicted octanol–water partition coefficient (Wildman–Crippen LogP) is 2.34. The van der Waals surface area contributed by atoms with Gasteiger partial charge in [-0.15, -0.1) is 0 Å². The number of nitrogens with one attached hydrogen (secondary N) is 1. The van der Waals surface area contributed by atoms with Crippen molar-refractivity contribution in [1.29, 1.82) is 0 Å². The Morgan fingerprint density at radius 3 is 2.88 bits per heavy atom. The van der Waals surface area contributed by atoms with Crippen LogP contribution in [0.2, 0.25) is 0 Å². The van der Waals surface area contributed by atoms with Crippen molar-refractivity contribution >= 4 is 10.9 Å². The second kappa shape index (κ2) is 5.56. The number of nitrogens with zero attached hydrogens (tertiary/aromatic N) is 1. The largest absolute Gasteiger partial charge is 0.314 e. The van der Waals surface area contributed by atoms with Crippen LogP contribution < -0.4 is 5.32 Å². The molecule has 2 aromatic rings. The first-order valence-electron chi connectivity index (χ1n) is 5.51. The fraction of sp³-hybridized carbons (Fsp3) is 0.308. The van der Waals surface area contributed by atoms with Gasteiger partial charge in [-0.05, 0) is 24.6 Å². The number of fused-ring (bicyclic) bond motifs is 1. The molecular formula is C13H15FN2. The van der Waals surface area contributed by atoms with Crippen molar-refractivity contribution in [3.8, 4) is 0 Å². The van der Waals surface area contributed by atoms with Gasteiger partial charge in [-0.2, -0.15) is 0 Å². The van der Waals surface area contributed by atoms with Crippen LogP contribution in [0.1, 0.15) is 5.56 Å². The van der Waals surface area contributed by atoms with Crippen LogP contribution in [-0.2, 0) is 6.42 Å². The van der Waals surface area contributed by atoms with Crippen molar-refractivity contribution in [3.63, 3.8) is 0 Å². The maximum absolute atomic E-state index is 11.9. The third-order valence-corrected chi connectivity index (χ3v) is 2.56. The van der Waals surface area contributed by atoms with Crippen LogP contribution in [-0.4, -0.2) is 24.7 Å². The van der Waals surface area contributed by atoms with Gasteiger partial charge in [0.05, 0.1) is 5.52 Å². The predicted molar refractivity (Wildman–Crippen MR) is 64.3 cm³/mol. The van der Waals surface area contributed by atoms with Crippen molar-refractivity contribution in [2.24, 2.45) is 0 Å². The normalized spacial score (nSPS) is 10.8. The average Bonchev–Trinajstić information content (AvgIpc) is 2.35. The molecule has 3 heteroatoms. The molecule has 1 aromatic heterocycles. The number of aromatic nitrogens is 1. The first kappa shape index (κ1) is 11.0. The maximum Gasteiger partial charge on any atom is 0.102 e. The van der Waals surface area contributed by atoms with Crippen molar-refractivity contribution in [3.05, 3.63) is 42.1 Å². The fourth-order valence-corrected chi connectivity index (χ4v) is 1.78. The SMILES string of the molecule is FCCNCCc1cccc2cccnc12. The van der Waals surface area contributed by atoms with Crippen molar-refractivity contribution in [2.45, 2.75) is 6.42 Å². The van der Waals surface area contributed by atoms with E-state index in [-0.39, 0.29) is 6.67 Å². The first-order chi connectivity index (χ1) is 7.92. The number of hydrogen-bond donors (Lipinski definition) is 1. The Hall–Kier alpha value is -1.48. The van der Waals surface area contributed by atoms with E-state index in [2.05, 4.69) is 28.5 Å². The lowest BCUT2D eigenvalue weighted by Crippen LogP contribution is -2.19. The lowest BCUT2D eigenvalue weighted by Gasteiger charge is -2.05. The van der Waals surface area contributed by atoms with E-state index >= 15 is 0 Å². The van der Waals surface area contributed by atoms with Crippen LogP contribution >= 0.6 is 0 Å². The number of rotatable bonds is 5. The number of halogens is 1. The summed E-state index contributed by atoms with van der Waals surface area (Å²) in [6, 6.07) is 10.2. The summed E-state index contributed by atoms with van der Waals surface area (Å²) in [5.74, 6) is 0. The summed E-state index contributed by atoms with van der Waals surface area (Å²) in [6.07, 6.45) is 2.69. The molecule has 0 atom stereocenters. The van der Waals surface area contributed by atoms with Gasteiger partial charge in [-0.25, -0.2) is 4.39 Å². The Morgan fingerprint density at radius 2 is 2.00 bits per heavy atom. The maximum atomic E-state index is 11.9. The van der Waals surface area contributed by atoms with Crippen molar-refractivity contribution in [2.75, 3.05) is 19.8 Å². The molecule has 0 spiro atoms.